The van der Waals surface area contributed by atoms with E-state index in [1.54, 1.807) is 12.1 Å². The van der Waals surface area contributed by atoms with Gasteiger partial charge in [-0.25, -0.2) is 0 Å². The highest BCUT2D eigenvalue weighted by Gasteiger charge is 2.37. The van der Waals surface area contributed by atoms with Gasteiger partial charge in [-0.15, -0.1) is 0 Å². The Kier molecular flexibility index (Phi) is 5.69. The molecule has 2 amide bonds. The molecule has 0 saturated carbocycles. The van der Waals surface area contributed by atoms with E-state index in [4.69, 9.17) is 16.3 Å². The first-order valence-electron chi connectivity index (χ1n) is 8.24. The monoisotopic (exact) mass is 387 g/mol. The largest absolute Gasteiger partial charge is 0.494 e. The smallest absolute Gasteiger partial charge is 0.268 e. The highest BCUT2D eigenvalue weighted by molar-refractivity contribution is 8.04. The van der Waals surface area contributed by atoms with Gasteiger partial charge in [0.15, 0.2) is 0 Å². The molecule has 0 aliphatic carbocycles. The molecule has 26 heavy (non-hydrogen) atoms. The Bertz CT molecular complexity index is 860. The number of rotatable bonds is 6. The lowest BCUT2D eigenvalue weighted by Gasteiger charge is -2.08. The van der Waals surface area contributed by atoms with Crippen LogP contribution in [0.5, 0.6) is 5.75 Å². The molecule has 1 aliphatic heterocycles. The molecule has 3 rings (SSSR count). The zero-order valence-corrected chi connectivity index (χ0v) is 16.1. The third-order valence-corrected chi connectivity index (χ3v) is 5.24. The van der Waals surface area contributed by atoms with Gasteiger partial charge in [0.25, 0.3) is 11.8 Å². The number of thioether (sulfide) groups is 1. The summed E-state index contributed by atoms with van der Waals surface area (Å²) < 4.78 is 5.58. The maximum absolute atomic E-state index is 12.6. The fraction of sp³-hybridized carbons (Fsp3) is 0.200. The molecular weight excluding hydrogens is 370 g/mol. The molecule has 1 heterocycles. The van der Waals surface area contributed by atoms with Gasteiger partial charge in [0.05, 0.1) is 17.1 Å². The lowest BCUT2D eigenvalue weighted by Crippen LogP contribution is -2.26. The molecule has 0 spiro atoms. The van der Waals surface area contributed by atoms with Crippen LogP contribution in [0, 0.1) is 0 Å². The van der Waals surface area contributed by atoms with Gasteiger partial charge >= 0.3 is 0 Å². The van der Waals surface area contributed by atoms with E-state index in [2.05, 4.69) is 0 Å². The summed E-state index contributed by atoms with van der Waals surface area (Å²) >= 11 is 7.19. The number of carbonyl (C=O) groups excluding carboxylic acids is 2. The van der Waals surface area contributed by atoms with E-state index in [1.807, 2.05) is 43.3 Å². The number of nitrogens with zero attached hydrogens (tertiary/aromatic N) is 1. The number of ether oxygens (including phenoxy) is 1. The van der Waals surface area contributed by atoms with Crippen LogP contribution in [0.2, 0.25) is 5.02 Å². The first kappa shape index (κ1) is 18.5. The third-order valence-electron chi connectivity index (χ3n) is 3.89. The van der Waals surface area contributed by atoms with Crippen LogP contribution < -0.4 is 4.74 Å². The van der Waals surface area contributed by atoms with E-state index in [1.165, 1.54) is 18.8 Å². The second kappa shape index (κ2) is 7.98. The van der Waals surface area contributed by atoms with Gasteiger partial charge in [-0.05, 0) is 48.4 Å². The summed E-state index contributed by atoms with van der Waals surface area (Å²) in [6.07, 6.45) is 0.923. The van der Waals surface area contributed by atoms with Gasteiger partial charge in [-0.1, -0.05) is 42.4 Å². The van der Waals surface area contributed by atoms with Crippen LogP contribution in [0.25, 0.3) is 5.57 Å². The predicted molar refractivity (Wildman–Crippen MR) is 104 cm³/mol. The second-order valence-corrected chi connectivity index (χ2v) is 7.32. The minimum Gasteiger partial charge on any atom is -0.494 e. The molecule has 6 heteroatoms. The van der Waals surface area contributed by atoms with Crippen LogP contribution >= 0.6 is 23.4 Å². The minimum absolute atomic E-state index is 0.295. The molecule has 0 unspecified atom stereocenters. The van der Waals surface area contributed by atoms with Crippen molar-refractivity contribution in [1.29, 1.82) is 0 Å². The highest BCUT2D eigenvalue weighted by atomic mass is 35.5. The summed E-state index contributed by atoms with van der Waals surface area (Å²) in [7, 11) is 1.50. The Balaban J connectivity index is 1.95. The van der Waals surface area contributed by atoms with Crippen molar-refractivity contribution in [2.75, 3.05) is 13.7 Å². The number of benzene rings is 2. The Morgan fingerprint density at radius 3 is 2.27 bits per heavy atom. The summed E-state index contributed by atoms with van der Waals surface area (Å²) in [5.74, 6) is 0.151. The number of halogens is 1. The number of imide groups is 1. The molecular formula is C20H18ClNO3S. The molecule has 0 saturated heterocycles. The molecule has 1 aliphatic rings. The summed E-state index contributed by atoms with van der Waals surface area (Å²) in [4.78, 5) is 27.6. The maximum Gasteiger partial charge on any atom is 0.268 e. The molecule has 0 radical (unpaired) electrons. The van der Waals surface area contributed by atoms with Crippen LogP contribution in [-0.4, -0.2) is 30.4 Å². The number of likely N-dealkylation sites (N-methyl/N-ethyl adjacent to an activating group) is 1. The maximum atomic E-state index is 12.6. The molecule has 0 aromatic heterocycles. The van der Waals surface area contributed by atoms with E-state index in [0.29, 0.717) is 27.7 Å². The molecule has 2 aromatic rings. The fourth-order valence-electron chi connectivity index (χ4n) is 2.52. The van der Waals surface area contributed by atoms with Crippen LogP contribution in [0.4, 0.5) is 0 Å². The average molecular weight is 388 g/mol. The Hall–Kier alpha value is -2.24. The lowest BCUT2D eigenvalue weighted by molar-refractivity contribution is -0.134. The van der Waals surface area contributed by atoms with Crippen molar-refractivity contribution in [2.24, 2.45) is 0 Å². The zero-order chi connectivity index (χ0) is 18.7. The Labute approximate surface area is 161 Å². The zero-order valence-electron chi connectivity index (χ0n) is 14.5. The van der Waals surface area contributed by atoms with Gasteiger partial charge < -0.3 is 4.74 Å². The van der Waals surface area contributed by atoms with Crippen LogP contribution in [0.15, 0.2) is 58.3 Å². The molecule has 2 aromatic carbocycles. The molecule has 0 fully saturated rings. The Morgan fingerprint density at radius 1 is 1.00 bits per heavy atom. The fourth-order valence-corrected chi connectivity index (χ4v) is 3.69. The first-order chi connectivity index (χ1) is 12.5. The molecule has 0 bridgehead atoms. The average Bonchev–Trinajstić information content (AvgIpc) is 2.86. The molecule has 0 atom stereocenters. The van der Waals surface area contributed by atoms with E-state index >= 15 is 0 Å². The van der Waals surface area contributed by atoms with Crippen molar-refractivity contribution >= 4 is 40.8 Å². The number of hydrogen-bond acceptors (Lipinski definition) is 4. The van der Waals surface area contributed by atoms with E-state index < -0.39 is 0 Å². The van der Waals surface area contributed by atoms with E-state index in [-0.39, 0.29) is 11.8 Å². The van der Waals surface area contributed by atoms with Gasteiger partial charge in [-0.3, -0.25) is 14.5 Å². The SMILES string of the molecule is CCCOc1ccc(C2=C(Sc3ccc(Cl)cc3)C(=O)N(C)C2=O)cc1. The minimum atomic E-state index is -0.298. The quantitative estimate of drug-likeness (QED) is 0.678. The van der Waals surface area contributed by atoms with E-state index in [0.717, 1.165) is 22.0 Å². The molecule has 4 nitrogen and oxygen atoms in total. The van der Waals surface area contributed by atoms with E-state index in [9.17, 15) is 9.59 Å². The van der Waals surface area contributed by atoms with Gasteiger partial charge in [0.1, 0.15) is 5.75 Å². The second-order valence-electron chi connectivity index (χ2n) is 5.80. The number of carbonyl (C=O) groups is 2. The predicted octanol–water partition coefficient (Wildman–Crippen LogP) is 4.63. The van der Waals surface area contributed by atoms with Gasteiger partial charge in [-0.2, -0.15) is 0 Å². The van der Waals surface area contributed by atoms with Crippen molar-refractivity contribution in [1.82, 2.24) is 4.90 Å². The number of hydrogen-bond donors (Lipinski definition) is 0. The summed E-state index contributed by atoms with van der Waals surface area (Å²) in [5.41, 5.74) is 1.12. The number of amides is 2. The summed E-state index contributed by atoms with van der Waals surface area (Å²) in [6, 6.07) is 14.4. The van der Waals surface area contributed by atoms with Crippen molar-refractivity contribution in [2.45, 2.75) is 18.2 Å². The van der Waals surface area contributed by atoms with Crippen molar-refractivity contribution in [3.63, 3.8) is 0 Å². The topological polar surface area (TPSA) is 46.6 Å². The van der Waals surface area contributed by atoms with Crippen molar-refractivity contribution < 1.29 is 14.3 Å². The standard InChI is InChI=1S/C20H18ClNO3S/c1-3-12-25-15-8-4-13(5-9-15)17-18(20(24)22(2)19(17)23)26-16-10-6-14(21)7-11-16/h4-11H,3,12H2,1-2H3. The summed E-state index contributed by atoms with van der Waals surface area (Å²) in [6.45, 7) is 2.68. The normalized spacial score (nSPS) is 14.3. The van der Waals surface area contributed by atoms with Gasteiger partial charge in [0, 0.05) is 17.0 Å². The third kappa shape index (κ3) is 3.79. The Morgan fingerprint density at radius 2 is 1.65 bits per heavy atom. The summed E-state index contributed by atoms with van der Waals surface area (Å²) in [5, 5.41) is 0.622. The van der Waals surface area contributed by atoms with Gasteiger partial charge in [0.2, 0.25) is 0 Å². The molecule has 134 valence electrons. The first-order valence-corrected chi connectivity index (χ1v) is 9.44. The lowest BCUT2D eigenvalue weighted by atomic mass is 10.1. The van der Waals surface area contributed by atoms with Crippen LogP contribution in [-0.2, 0) is 9.59 Å². The highest BCUT2D eigenvalue weighted by Crippen LogP contribution is 2.39. The molecule has 0 N–H and O–H groups in total. The van der Waals surface area contributed by atoms with Crippen molar-refractivity contribution in [3.8, 4) is 5.75 Å². The van der Waals surface area contributed by atoms with Crippen molar-refractivity contribution in [3.05, 3.63) is 64.0 Å². The van der Waals surface area contributed by atoms with Crippen LogP contribution in [0.3, 0.4) is 0 Å². The van der Waals surface area contributed by atoms with Crippen LogP contribution in [0.1, 0.15) is 18.9 Å².